The molecule has 5 N–H and O–H groups in total. The van der Waals surface area contributed by atoms with Gasteiger partial charge in [0.2, 0.25) is 10.0 Å². The number of aromatic nitrogens is 1. The molecule has 0 fully saturated rings. The molecule has 0 atom stereocenters. The van der Waals surface area contributed by atoms with Crippen LogP contribution in [0.3, 0.4) is 0 Å². The van der Waals surface area contributed by atoms with E-state index >= 15 is 0 Å². The summed E-state index contributed by atoms with van der Waals surface area (Å²) in [5, 5.41) is 7.66. The minimum Gasteiger partial charge on any atom is -0.399 e. The maximum atomic E-state index is 11.9. The highest BCUT2D eigenvalue weighted by Crippen LogP contribution is 2.09. The molecule has 110 valence electrons. The molecule has 2 rings (SSSR count). The Morgan fingerprint density at radius 1 is 1.19 bits per heavy atom. The molecule has 0 aliphatic rings. The second-order valence-corrected chi connectivity index (χ2v) is 5.91. The second-order valence-electron chi connectivity index (χ2n) is 4.35. The largest absolute Gasteiger partial charge is 0.399 e. The van der Waals surface area contributed by atoms with Crippen molar-refractivity contribution in [1.82, 2.24) is 10.3 Å². The number of benzene rings is 1. The highest BCUT2D eigenvalue weighted by atomic mass is 32.2. The van der Waals surface area contributed by atoms with Gasteiger partial charge in [0.1, 0.15) is 5.69 Å². The molecule has 0 aliphatic carbocycles. The van der Waals surface area contributed by atoms with E-state index in [1.165, 1.54) is 24.4 Å². The number of primary sulfonamides is 1. The highest BCUT2D eigenvalue weighted by Gasteiger charge is 2.09. The Labute approximate surface area is 122 Å². The van der Waals surface area contributed by atoms with E-state index in [9.17, 15) is 13.2 Å². The lowest BCUT2D eigenvalue weighted by molar-refractivity contribution is 0.0946. The topological polar surface area (TPSA) is 128 Å². The van der Waals surface area contributed by atoms with Gasteiger partial charge in [-0.05, 0) is 29.8 Å². The lowest BCUT2D eigenvalue weighted by Crippen LogP contribution is -2.24. The summed E-state index contributed by atoms with van der Waals surface area (Å²) in [5.74, 6) is -0.363. The van der Waals surface area contributed by atoms with Crippen LogP contribution in [0.15, 0.2) is 47.5 Å². The quantitative estimate of drug-likeness (QED) is 0.745. The molecule has 0 saturated carbocycles. The van der Waals surface area contributed by atoms with Gasteiger partial charge in [-0.15, -0.1) is 0 Å². The third kappa shape index (κ3) is 4.01. The first-order chi connectivity index (χ1) is 9.86. The van der Waals surface area contributed by atoms with Gasteiger partial charge in [-0.2, -0.15) is 0 Å². The minimum absolute atomic E-state index is 0.0232. The van der Waals surface area contributed by atoms with Crippen molar-refractivity contribution < 1.29 is 13.2 Å². The monoisotopic (exact) mass is 306 g/mol. The molecule has 1 heterocycles. The molecular weight excluding hydrogens is 292 g/mol. The molecule has 1 amide bonds. The predicted molar refractivity (Wildman–Crippen MR) is 77.6 cm³/mol. The van der Waals surface area contributed by atoms with Crippen LogP contribution in [0.5, 0.6) is 0 Å². The molecule has 0 unspecified atom stereocenters. The Morgan fingerprint density at radius 3 is 2.43 bits per heavy atom. The number of nitrogens with two attached hydrogens (primary N) is 2. The molecule has 1 aromatic heterocycles. The van der Waals surface area contributed by atoms with Crippen molar-refractivity contribution in [3.8, 4) is 0 Å². The van der Waals surface area contributed by atoms with Gasteiger partial charge in [0.05, 0.1) is 4.90 Å². The number of nitrogen functional groups attached to an aromatic ring is 1. The number of carbonyl (C=O) groups is 1. The van der Waals surface area contributed by atoms with E-state index in [-0.39, 0.29) is 23.0 Å². The maximum Gasteiger partial charge on any atom is 0.270 e. The van der Waals surface area contributed by atoms with Crippen molar-refractivity contribution in [2.24, 2.45) is 5.14 Å². The average Bonchev–Trinajstić information content (AvgIpc) is 2.44. The van der Waals surface area contributed by atoms with Gasteiger partial charge in [0.25, 0.3) is 5.91 Å². The van der Waals surface area contributed by atoms with Crippen molar-refractivity contribution in [1.29, 1.82) is 0 Å². The first kappa shape index (κ1) is 14.9. The van der Waals surface area contributed by atoms with Gasteiger partial charge < -0.3 is 11.1 Å². The molecule has 2 aromatic rings. The van der Waals surface area contributed by atoms with Gasteiger partial charge in [-0.25, -0.2) is 13.6 Å². The zero-order chi connectivity index (χ0) is 15.5. The minimum atomic E-state index is -3.71. The van der Waals surface area contributed by atoms with Crippen LogP contribution in [0, 0.1) is 0 Å². The number of nitrogens with zero attached hydrogens (tertiary/aromatic N) is 1. The molecule has 1 aromatic carbocycles. The van der Waals surface area contributed by atoms with Crippen LogP contribution in [0.25, 0.3) is 0 Å². The van der Waals surface area contributed by atoms with E-state index in [0.717, 1.165) is 5.56 Å². The Balaban J connectivity index is 2.02. The smallest absolute Gasteiger partial charge is 0.270 e. The van der Waals surface area contributed by atoms with E-state index in [1.807, 2.05) is 0 Å². The Morgan fingerprint density at radius 2 is 1.86 bits per heavy atom. The second kappa shape index (κ2) is 5.90. The number of rotatable bonds is 4. The molecule has 0 spiro atoms. The van der Waals surface area contributed by atoms with Crippen molar-refractivity contribution in [2.45, 2.75) is 11.4 Å². The molecule has 0 bridgehead atoms. The summed E-state index contributed by atoms with van der Waals surface area (Å²) in [6.07, 6.45) is 1.45. The van der Waals surface area contributed by atoms with Crippen molar-refractivity contribution >= 4 is 21.6 Å². The fraction of sp³-hybridized carbons (Fsp3) is 0.0769. The van der Waals surface area contributed by atoms with E-state index in [1.54, 1.807) is 18.2 Å². The van der Waals surface area contributed by atoms with Gasteiger partial charge in [-0.3, -0.25) is 9.78 Å². The third-order valence-corrected chi connectivity index (χ3v) is 3.65. The fourth-order valence-electron chi connectivity index (χ4n) is 1.64. The zero-order valence-electron chi connectivity index (χ0n) is 11.0. The first-order valence-electron chi connectivity index (χ1n) is 5.98. The lowest BCUT2D eigenvalue weighted by Gasteiger charge is -2.06. The third-order valence-electron chi connectivity index (χ3n) is 2.72. The summed E-state index contributed by atoms with van der Waals surface area (Å²) < 4.78 is 22.2. The Bertz CT molecular complexity index is 757. The Hall–Kier alpha value is -2.45. The number of hydrogen-bond acceptors (Lipinski definition) is 5. The Kier molecular flexibility index (Phi) is 4.20. The summed E-state index contributed by atoms with van der Waals surface area (Å²) in [5.41, 5.74) is 6.98. The van der Waals surface area contributed by atoms with Crippen molar-refractivity contribution in [3.05, 3.63) is 53.9 Å². The van der Waals surface area contributed by atoms with E-state index in [0.29, 0.717) is 5.69 Å². The highest BCUT2D eigenvalue weighted by molar-refractivity contribution is 7.89. The maximum absolute atomic E-state index is 11.9. The number of nitrogens with one attached hydrogen (secondary N) is 1. The molecule has 0 aliphatic heterocycles. The number of hydrogen-bond donors (Lipinski definition) is 3. The number of pyridine rings is 1. The summed E-state index contributed by atoms with van der Waals surface area (Å²) in [6, 6.07) is 8.98. The summed E-state index contributed by atoms with van der Waals surface area (Å²) in [4.78, 5) is 15.8. The first-order valence-corrected chi connectivity index (χ1v) is 7.52. The molecule has 21 heavy (non-hydrogen) atoms. The van der Waals surface area contributed by atoms with Gasteiger partial charge in [0.15, 0.2) is 0 Å². The van der Waals surface area contributed by atoms with Crippen LogP contribution in [-0.2, 0) is 16.6 Å². The molecule has 7 nitrogen and oxygen atoms in total. The molecule has 0 radical (unpaired) electrons. The van der Waals surface area contributed by atoms with Gasteiger partial charge in [0, 0.05) is 18.4 Å². The van der Waals surface area contributed by atoms with Crippen LogP contribution in [-0.4, -0.2) is 19.3 Å². The summed E-state index contributed by atoms with van der Waals surface area (Å²) >= 11 is 0. The summed E-state index contributed by atoms with van der Waals surface area (Å²) in [7, 11) is -3.71. The predicted octanol–water partition coefficient (Wildman–Crippen LogP) is 0.241. The van der Waals surface area contributed by atoms with Gasteiger partial charge >= 0.3 is 0 Å². The number of anilines is 1. The van der Waals surface area contributed by atoms with Crippen LogP contribution in [0.1, 0.15) is 16.1 Å². The van der Waals surface area contributed by atoms with E-state index in [4.69, 9.17) is 10.9 Å². The molecule has 0 saturated heterocycles. The average molecular weight is 306 g/mol. The summed E-state index contributed by atoms with van der Waals surface area (Å²) in [6.45, 7) is 0.236. The van der Waals surface area contributed by atoms with Gasteiger partial charge in [-0.1, -0.05) is 12.1 Å². The molecule has 8 heteroatoms. The lowest BCUT2D eigenvalue weighted by atomic mass is 10.2. The number of sulfonamides is 1. The van der Waals surface area contributed by atoms with E-state index < -0.39 is 10.0 Å². The fourth-order valence-corrected chi connectivity index (χ4v) is 2.16. The van der Waals surface area contributed by atoms with Crippen LogP contribution >= 0.6 is 0 Å². The van der Waals surface area contributed by atoms with Crippen molar-refractivity contribution in [3.63, 3.8) is 0 Å². The SMILES string of the molecule is Nc1ccnc(C(=O)NCc2ccc(S(N)(=O)=O)cc2)c1. The normalized spacial score (nSPS) is 11.1. The standard InChI is InChI=1S/C13H14N4O3S/c14-10-5-6-16-12(7-10)13(18)17-8-9-1-3-11(4-2-9)21(15,19)20/h1-7H,8H2,(H2,14,16)(H,17,18)(H2,15,19,20). The van der Waals surface area contributed by atoms with Crippen LogP contribution in [0.2, 0.25) is 0 Å². The van der Waals surface area contributed by atoms with E-state index in [2.05, 4.69) is 10.3 Å². The number of amides is 1. The molecular formula is C13H14N4O3S. The van der Waals surface area contributed by atoms with Crippen LogP contribution in [0.4, 0.5) is 5.69 Å². The zero-order valence-corrected chi connectivity index (χ0v) is 11.8. The number of carbonyl (C=O) groups excluding carboxylic acids is 1. The van der Waals surface area contributed by atoms with Crippen molar-refractivity contribution in [2.75, 3.05) is 5.73 Å². The van der Waals surface area contributed by atoms with Crippen LogP contribution < -0.4 is 16.2 Å².